The average Bonchev–Trinajstić information content (AvgIpc) is 2.68. The van der Waals surface area contributed by atoms with E-state index in [-0.39, 0.29) is 15.5 Å². The van der Waals surface area contributed by atoms with Gasteiger partial charge in [-0.1, -0.05) is 29.8 Å². The third-order valence-electron chi connectivity index (χ3n) is 4.15. The minimum Gasteiger partial charge on any atom is -0.372 e. The third kappa shape index (κ3) is 5.69. The van der Waals surface area contributed by atoms with Crippen molar-refractivity contribution in [1.29, 1.82) is 0 Å². The van der Waals surface area contributed by atoms with Crippen LogP contribution in [0.15, 0.2) is 53.4 Å². The number of para-hydroxylation sites is 1. The van der Waals surface area contributed by atoms with E-state index < -0.39 is 15.9 Å². The van der Waals surface area contributed by atoms with E-state index in [4.69, 9.17) is 11.6 Å². The van der Waals surface area contributed by atoms with Crippen LogP contribution in [0.2, 0.25) is 5.02 Å². The van der Waals surface area contributed by atoms with Crippen LogP contribution in [0.4, 0.5) is 5.69 Å². The van der Waals surface area contributed by atoms with Crippen molar-refractivity contribution in [2.24, 2.45) is 0 Å². The highest BCUT2D eigenvalue weighted by molar-refractivity contribution is 7.89. The number of anilines is 1. The first-order chi connectivity index (χ1) is 12.9. The molecule has 0 heterocycles. The van der Waals surface area contributed by atoms with Gasteiger partial charge in [-0.25, -0.2) is 13.1 Å². The second kappa shape index (κ2) is 9.73. The maximum atomic E-state index is 12.4. The third-order valence-corrected chi connectivity index (χ3v) is 5.90. The van der Waals surface area contributed by atoms with Gasteiger partial charge in [-0.3, -0.25) is 4.79 Å². The predicted molar refractivity (Wildman–Crippen MR) is 109 cm³/mol. The molecule has 0 radical (unpaired) electrons. The fourth-order valence-corrected chi connectivity index (χ4v) is 3.60. The SMILES string of the molecule is CCN(CCCNC(=O)c1cc(S(=O)(=O)NC)ccc1Cl)c1ccccc1. The van der Waals surface area contributed by atoms with Gasteiger partial charge in [0.15, 0.2) is 0 Å². The first kappa shape index (κ1) is 21.2. The molecule has 2 aromatic carbocycles. The van der Waals surface area contributed by atoms with Crippen molar-refractivity contribution >= 4 is 33.2 Å². The summed E-state index contributed by atoms with van der Waals surface area (Å²) in [5.41, 5.74) is 1.28. The molecule has 6 nitrogen and oxygen atoms in total. The van der Waals surface area contributed by atoms with Gasteiger partial charge < -0.3 is 10.2 Å². The summed E-state index contributed by atoms with van der Waals surface area (Å²) in [4.78, 5) is 14.6. The first-order valence-corrected chi connectivity index (χ1v) is 10.6. The summed E-state index contributed by atoms with van der Waals surface area (Å²) in [7, 11) is -2.32. The second-order valence-electron chi connectivity index (χ2n) is 5.87. The molecule has 2 N–H and O–H groups in total. The Morgan fingerprint density at radius 3 is 2.48 bits per heavy atom. The van der Waals surface area contributed by atoms with Gasteiger partial charge in [0, 0.05) is 25.3 Å². The van der Waals surface area contributed by atoms with Gasteiger partial charge in [-0.15, -0.1) is 0 Å². The molecule has 0 aliphatic heterocycles. The van der Waals surface area contributed by atoms with Crippen LogP contribution in [0.3, 0.4) is 0 Å². The van der Waals surface area contributed by atoms with Crippen molar-refractivity contribution in [3.8, 4) is 0 Å². The van der Waals surface area contributed by atoms with E-state index in [9.17, 15) is 13.2 Å². The minimum absolute atomic E-state index is 0.000728. The smallest absolute Gasteiger partial charge is 0.252 e. The monoisotopic (exact) mass is 409 g/mol. The molecule has 0 aliphatic carbocycles. The molecule has 0 aliphatic rings. The number of rotatable bonds is 9. The number of halogens is 1. The van der Waals surface area contributed by atoms with Gasteiger partial charge in [0.05, 0.1) is 15.5 Å². The number of benzene rings is 2. The van der Waals surface area contributed by atoms with Crippen molar-refractivity contribution in [3.05, 3.63) is 59.1 Å². The Hall–Kier alpha value is -2.09. The summed E-state index contributed by atoms with van der Waals surface area (Å²) in [6.45, 7) is 4.21. The summed E-state index contributed by atoms with van der Waals surface area (Å²) in [5, 5.41) is 3.01. The summed E-state index contributed by atoms with van der Waals surface area (Å²) in [6, 6.07) is 14.1. The molecule has 2 rings (SSSR count). The molecule has 0 bridgehead atoms. The lowest BCUT2D eigenvalue weighted by Crippen LogP contribution is -2.30. The van der Waals surface area contributed by atoms with Crippen molar-refractivity contribution in [1.82, 2.24) is 10.0 Å². The van der Waals surface area contributed by atoms with Crippen LogP contribution in [0, 0.1) is 0 Å². The van der Waals surface area contributed by atoms with Crippen molar-refractivity contribution in [2.45, 2.75) is 18.2 Å². The lowest BCUT2D eigenvalue weighted by Gasteiger charge is -2.23. The molecule has 0 saturated carbocycles. The Morgan fingerprint density at radius 2 is 1.85 bits per heavy atom. The van der Waals surface area contributed by atoms with E-state index >= 15 is 0 Å². The van der Waals surface area contributed by atoms with Gasteiger partial charge in [0.1, 0.15) is 0 Å². The molecule has 0 atom stereocenters. The molecule has 8 heteroatoms. The Morgan fingerprint density at radius 1 is 1.15 bits per heavy atom. The normalized spacial score (nSPS) is 11.2. The zero-order valence-corrected chi connectivity index (χ0v) is 17.0. The van der Waals surface area contributed by atoms with Crippen LogP contribution < -0.4 is 14.9 Å². The number of hydrogen-bond donors (Lipinski definition) is 2. The number of nitrogens with one attached hydrogen (secondary N) is 2. The largest absolute Gasteiger partial charge is 0.372 e. The maximum absolute atomic E-state index is 12.4. The molecule has 0 saturated heterocycles. The Labute approximate surface area is 165 Å². The topological polar surface area (TPSA) is 78.5 Å². The zero-order chi connectivity index (χ0) is 19.9. The Balaban J connectivity index is 1.95. The fraction of sp³-hybridized carbons (Fsp3) is 0.316. The number of carbonyl (C=O) groups is 1. The molecule has 146 valence electrons. The van der Waals surface area contributed by atoms with Gasteiger partial charge in [-0.2, -0.15) is 0 Å². The first-order valence-electron chi connectivity index (χ1n) is 8.70. The molecule has 2 aromatic rings. The van der Waals surface area contributed by atoms with E-state index in [1.807, 2.05) is 18.2 Å². The van der Waals surface area contributed by atoms with Crippen molar-refractivity contribution in [2.75, 3.05) is 31.6 Å². The van der Waals surface area contributed by atoms with E-state index in [0.717, 1.165) is 25.2 Å². The number of sulfonamides is 1. The molecular formula is C19H24ClN3O3S. The van der Waals surface area contributed by atoms with Crippen molar-refractivity contribution < 1.29 is 13.2 Å². The van der Waals surface area contributed by atoms with E-state index in [0.29, 0.717) is 6.54 Å². The second-order valence-corrected chi connectivity index (χ2v) is 8.17. The Bertz CT molecular complexity index is 873. The lowest BCUT2D eigenvalue weighted by molar-refractivity contribution is 0.0953. The van der Waals surface area contributed by atoms with E-state index in [1.165, 1.54) is 25.2 Å². The van der Waals surface area contributed by atoms with Crippen LogP contribution in [-0.2, 0) is 10.0 Å². The van der Waals surface area contributed by atoms with Crippen molar-refractivity contribution in [3.63, 3.8) is 0 Å². The highest BCUT2D eigenvalue weighted by Gasteiger charge is 2.17. The summed E-state index contributed by atoms with van der Waals surface area (Å²) >= 11 is 6.07. The molecule has 0 aromatic heterocycles. The highest BCUT2D eigenvalue weighted by Crippen LogP contribution is 2.20. The van der Waals surface area contributed by atoms with Crippen LogP contribution in [-0.4, -0.2) is 41.0 Å². The van der Waals surface area contributed by atoms with Gasteiger partial charge >= 0.3 is 0 Å². The van der Waals surface area contributed by atoms with Crippen LogP contribution in [0.5, 0.6) is 0 Å². The minimum atomic E-state index is -3.64. The van der Waals surface area contributed by atoms with Crippen LogP contribution in [0.1, 0.15) is 23.7 Å². The number of nitrogens with zero attached hydrogens (tertiary/aromatic N) is 1. The standard InChI is InChI=1S/C19H24ClN3O3S/c1-3-23(15-8-5-4-6-9-15)13-7-12-22-19(24)17-14-16(10-11-18(17)20)27(25,26)21-2/h4-6,8-11,14,21H,3,7,12-13H2,1-2H3,(H,22,24). The number of carbonyl (C=O) groups excluding carboxylic acids is 1. The quantitative estimate of drug-likeness (QED) is 0.624. The molecular weight excluding hydrogens is 386 g/mol. The molecule has 0 spiro atoms. The lowest BCUT2D eigenvalue weighted by atomic mass is 10.2. The molecule has 27 heavy (non-hydrogen) atoms. The maximum Gasteiger partial charge on any atom is 0.252 e. The molecule has 0 unspecified atom stereocenters. The molecule has 1 amide bonds. The summed E-state index contributed by atoms with van der Waals surface area (Å²) < 4.78 is 26.0. The Kier molecular flexibility index (Phi) is 7.65. The van der Waals surface area contributed by atoms with Gasteiger partial charge in [-0.05, 0) is 50.7 Å². The highest BCUT2D eigenvalue weighted by atomic mass is 35.5. The average molecular weight is 410 g/mol. The summed E-state index contributed by atoms with van der Waals surface area (Å²) in [6.07, 6.45) is 0.751. The zero-order valence-electron chi connectivity index (χ0n) is 15.4. The van der Waals surface area contributed by atoms with Crippen LogP contribution in [0.25, 0.3) is 0 Å². The van der Waals surface area contributed by atoms with Crippen LogP contribution >= 0.6 is 11.6 Å². The summed E-state index contributed by atoms with van der Waals surface area (Å²) in [5.74, 6) is -0.393. The van der Waals surface area contributed by atoms with Gasteiger partial charge in [0.25, 0.3) is 5.91 Å². The molecule has 0 fully saturated rings. The number of hydrogen-bond acceptors (Lipinski definition) is 4. The van der Waals surface area contributed by atoms with Gasteiger partial charge in [0.2, 0.25) is 10.0 Å². The fourth-order valence-electron chi connectivity index (χ4n) is 2.64. The predicted octanol–water partition coefficient (Wildman–Crippen LogP) is 2.89. The number of amides is 1. The van der Waals surface area contributed by atoms with E-state index in [2.05, 4.69) is 34.0 Å². The van der Waals surface area contributed by atoms with E-state index in [1.54, 1.807) is 0 Å².